The molecule has 31 heavy (non-hydrogen) atoms. The molecule has 2 amide bonds. The molecule has 0 aromatic heterocycles. The molecular formula is C26H26N2O3. The van der Waals surface area contributed by atoms with E-state index in [1.54, 1.807) is 18.2 Å². The Balaban J connectivity index is 1.46. The molecule has 5 heteroatoms. The first-order valence-corrected chi connectivity index (χ1v) is 10.9. The number of nitrogens with zero attached hydrogens (tertiary/aromatic N) is 2. The highest BCUT2D eigenvalue weighted by Crippen LogP contribution is 2.37. The van der Waals surface area contributed by atoms with Gasteiger partial charge in [-0.2, -0.15) is 0 Å². The van der Waals surface area contributed by atoms with Crippen LogP contribution in [0.3, 0.4) is 0 Å². The summed E-state index contributed by atoms with van der Waals surface area (Å²) in [5.41, 5.74) is 2.65. The van der Waals surface area contributed by atoms with Gasteiger partial charge in [-0.3, -0.25) is 9.59 Å². The predicted molar refractivity (Wildman–Crippen MR) is 123 cm³/mol. The number of amides is 2. The van der Waals surface area contributed by atoms with Gasteiger partial charge in [0.1, 0.15) is 5.75 Å². The van der Waals surface area contributed by atoms with Crippen molar-refractivity contribution in [1.82, 2.24) is 0 Å². The zero-order valence-electron chi connectivity index (χ0n) is 17.9. The maximum absolute atomic E-state index is 13.3. The predicted octanol–water partition coefficient (Wildman–Crippen LogP) is 5.28. The molecule has 2 aliphatic rings. The Kier molecular flexibility index (Phi) is 4.89. The van der Waals surface area contributed by atoms with Crippen molar-refractivity contribution in [2.45, 2.75) is 25.7 Å². The number of imide groups is 1. The Morgan fingerprint density at radius 2 is 1.58 bits per heavy atom. The second-order valence-corrected chi connectivity index (χ2v) is 8.66. The number of carbonyl (C=O) groups excluding carboxylic acids is 2. The summed E-state index contributed by atoms with van der Waals surface area (Å²) in [6.07, 6.45) is 5.04. The van der Waals surface area contributed by atoms with Crippen LogP contribution in [0.5, 0.6) is 5.75 Å². The van der Waals surface area contributed by atoms with Crippen molar-refractivity contribution in [1.29, 1.82) is 0 Å². The van der Waals surface area contributed by atoms with Crippen molar-refractivity contribution in [3.8, 4) is 5.75 Å². The van der Waals surface area contributed by atoms with E-state index in [1.165, 1.54) is 30.6 Å². The van der Waals surface area contributed by atoms with Crippen LogP contribution in [0.2, 0.25) is 0 Å². The molecule has 0 unspecified atom stereocenters. The fourth-order valence-corrected chi connectivity index (χ4v) is 4.79. The molecule has 1 heterocycles. The monoisotopic (exact) mass is 414 g/mol. The molecule has 0 radical (unpaired) electrons. The molecule has 0 N–H and O–H groups in total. The summed E-state index contributed by atoms with van der Waals surface area (Å²) in [5, 5.41) is 1.65. The molecule has 1 aliphatic heterocycles. The van der Waals surface area contributed by atoms with E-state index in [1.807, 2.05) is 55.4 Å². The Bertz CT molecular complexity index is 1140. The zero-order valence-corrected chi connectivity index (χ0v) is 17.9. The van der Waals surface area contributed by atoms with Gasteiger partial charge in [-0.15, -0.1) is 0 Å². The first-order valence-electron chi connectivity index (χ1n) is 10.9. The summed E-state index contributed by atoms with van der Waals surface area (Å²) < 4.78 is 5.93. The summed E-state index contributed by atoms with van der Waals surface area (Å²) in [4.78, 5) is 29.9. The maximum Gasteiger partial charge on any atom is 0.265 e. The third-order valence-corrected chi connectivity index (χ3v) is 6.42. The van der Waals surface area contributed by atoms with Crippen molar-refractivity contribution in [3.63, 3.8) is 0 Å². The van der Waals surface area contributed by atoms with E-state index in [-0.39, 0.29) is 11.8 Å². The summed E-state index contributed by atoms with van der Waals surface area (Å²) >= 11 is 0. The Morgan fingerprint density at radius 3 is 2.26 bits per heavy atom. The van der Waals surface area contributed by atoms with E-state index in [2.05, 4.69) is 0 Å². The summed E-state index contributed by atoms with van der Waals surface area (Å²) in [6.45, 7) is 0.727. The van der Waals surface area contributed by atoms with E-state index in [4.69, 9.17) is 4.74 Å². The molecule has 1 aliphatic carbocycles. The minimum absolute atomic E-state index is 0.293. The number of anilines is 2. The summed E-state index contributed by atoms with van der Waals surface area (Å²) in [6, 6.07) is 16.7. The van der Waals surface area contributed by atoms with Gasteiger partial charge in [-0.1, -0.05) is 25.0 Å². The fraction of sp³-hybridized carbons (Fsp3) is 0.308. The van der Waals surface area contributed by atoms with Crippen molar-refractivity contribution in [2.75, 3.05) is 30.5 Å². The van der Waals surface area contributed by atoms with Crippen molar-refractivity contribution < 1.29 is 14.3 Å². The van der Waals surface area contributed by atoms with Crippen LogP contribution in [-0.4, -0.2) is 32.5 Å². The molecule has 5 nitrogen and oxygen atoms in total. The van der Waals surface area contributed by atoms with E-state index < -0.39 is 0 Å². The topological polar surface area (TPSA) is 49.9 Å². The van der Waals surface area contributed by atoms with Crippen LogP contribution in [0, 0.1) is 5.92 Å². The van der Waals surface area contributed by atoms with Crippen molar-refractivity contribution in [3.05, 3.63) is 65.7 Å². The minimum Gasteiger partial charge on any atom is -0.493 e. The lowest BCUT2D eigenvalue weighted by Gasteiger charge is -2.28. The lowest BCUT2D eigenvalue weighted by molar-refractivity contribution is 0.0893. The van der Waals surface area contributed by atoms with Gasteiger partial charge in [0.15, 0.2) is 0 Å². The largest absolute Gasteiger partial charge is 0.493 e. The van der Waals surface area contributed by atoms with Gasteiger partial charge in [0.25, 0.3) is 11.8 Å². The smallest absolute Gasteiger partial charge is 0.265 e. The van der Waals surface area contributed by atoms with Gasteiger partial charge in [0.05, 0.1) is 12.3 Å². The Morgan fingerprint density at radius 1 is 0.903 bits per heavy atom. The van der Waals surface area contributed by atoms with Crippen molar-refractivity contribution in [2.24, 2.45) is 5.92 Å². The Labute approximate surface area is 182 Å². The molecule has 1 fully saturated rings. The van der Waals surface area contributed by atoms with Crippen LogP contribution in [-0.2, 0) is 0 Å². The average Bonchev–Trinajstić information content (AvgIpc) is 3.30. The second kappa shape index (κ2) is 7.73. The third kappa shape index (κ3) is 3.34. The molecule has 3 aromatic carbocycles. The van der Waals surface area contributed by atoms with Gasteiger partial charge in [-0.05, 0) is 61.2 Å². The lowest BCUT2D eigenvalue weighted by atomic mass is 9.92. The van der Waals surface area contributed by atoms with E-state index in [0.717, 1.165) is 28.8 Å². The van der Waals surface area contributed by atoms with Gasteiger partial charge >= 0.3 is 0 Å². The maximum atomic E-state index is 13.3. The van der Waals surface area contributed by atoms with E-state index in [0.29, 0.717) is 22.7 Å². The number of hydrogen-bond acceptors (Lipinski definition) is 4. The summed E-state index contributed by atoms with van der Waals surface area (Å²) in [5.74, 6) is 0.817. The zero-order chi connectivity index (χ0) is 21.5. The quantitative estimate of drug-likeness (QED) is 0.533. The molecule has 0 spiro atoms. The second-order valence-electron chi connectivity index (χ2n) is 8.66. The number of carbonyl (C=O) groups is 2. The van der Waals surface area contributed by atoms with Crippen LogP contribution in [0.4, 0.5) is 11.4 Å². The van der Waals surface area contributed by atoms with Crippen LogP contribution >= 0.6 is 0 Å². The highest BCUT2D eigenvalue weighted by molar-refractivity contribution is 6.36. The summed E-state index contributed by atoms with van der Waals surface area (Å²) in [7, 11) is 3.92. The number of benzene rings is 3. The van der Waals surface area contributed by atoms with E-state index in [9.17, 15) is 9.59 Å². The van der Waals surface area contributed by atoms with Crippen LogP contribution in [0.15, 0.2) is 54.6 Å². The number of hydrogen-bond donors (Lipinski definition) is 0. The molecule has 158 valence electrons. The van der Waals surface area contributed by atoms with Gasteiger partial charge < -0.3 is 9.64 Å². The van der Waals surface area contributed by atoms with Crippen molar-refractivity contribution >= 4 is 34.0 Å². The highest BCUT2D eigenvalue weighted by atomic mass is 16.5. The Hall–Kier alpha value is -3.34. The first kappa shape index (κ1) is 19.6. The third-order valence-electron chi connectivity index (χ3n) is 6.42. The molecule has 3 aromatic rings. The molecular weight excluding hydrogens is 388 g/mol. The molecule has 0 saturated heterocycles. The van der Waals surface area contributed by atoms with Crippen LogP contribution in [0.25, 0.3) is 10.8 Å². The normalized spacial score (nSPS) is 16.3. The lowest BCUT2D eigenvalue weighted by Crippen LogP contribution is -2.40. The molecule has 5 rings (SSSR count). The first-order chi connectivity index (χ1) is 15.0. The fourth-order valence-electron chi connectivity index (χ4n) is 4.79. The van der Waals surface area contributed by atoms with Gasteiger partial charge in [-0.25, -0.2) is 4.90 Å². The molecule has 0 atom stereocenters. The average molecular weight is 415 g/mol. The highest BCUT2D eigenvalue weighted by Gasteiger charge is 2.34. The van der Waals surface area contributed by atoms with E-state index >= 15 is 0 Å². The van der Waals surface area contributed by atoms with Crippen LogP contribution < -0.4 is 14.5 Å². The molecule has 1 saturated carbocycles. The number of ether oxygens (including phenoxy) is 1. The van der Waals surface area contributed by atoms with Crippen LogP contribution in [0.1, 0.15) is 46.4 Å². The number of rotatable bonds is 5. The van der Waals surface area contributed by atoms with Gasteiger partial charge in [0, 0.05) is 41.7 Å². The molecule has 0 bridgehead atoms. The minimum atomic E-state index is -0.293. The standard InChI is InChI=1S/C26H26N2O3/c1-27(2)23-15-14-22-24-20(23)8-5-9-21(24)25(29)28(26(22)30)18-10-12-19(13-11-18)31-16-17-6-3-4-7-17/h5,8-15,17H,3-4,6-7,16H2,1-2H3. The van der Waals surface area contributed by atoms with Gasteiger partial charge in [0.2, 0.25) is 0 Å². The SMILES string of the molecule is CN(C)c1ccc2c3c(cccc13)C(=O)N(c1ccc(OCC3CCCC3)cc1)C2=O.